The van der Waals surface area contributed by atoms with Crippen LogP contribution >= 0.6 is 0 Å². The smallest absolute Gasteiger partial charge is 0.408 e. The number of aromatic nitrogens is 2. The second-order valence-electron chi connectivity index (χ2n) is 11.6. The summed E-state index contributed by atoms with van der Waals surface area (Å²) in [6, 6.07) is 13.8. The Balaban J connectivity index is 1.17. The molecule has 7 rings (SSSR count). The number of alkyl carbamates (subject to hydrolysis) is 1. The van der Waals surface area contributed by atoms with E-state index in [1.54, 1.807) is 13.1 Å². The van der Waals surface area contributed by atoms with Gasteiger partial charge in [-0.3, -0.25) is 9.78 Å². The molecule has 4 aliphatic rings. The van der Waals surface area contributed by atoms with E-state index in [4.69, 9.17) is 4.74 Å². The Hall–Kier alpha value is -3.35. The lowest BCUT2D eigenvalue weighted by molar-refractivity contribution is -0.127. The molecule has 3 aromatic rings. The lowest BCUT2D eigenvalue weighted by Crippen LogP contribution is -2.60. The molecule has 4 fully saturated rings. The summed E-state index contributed by atoms with van der Waals surface area (Å²) >= 11 is 0. The summed E-state index contributed by atoms with van der Waals surface area (Å²) in [6.45, 7) is 2.23. The van der Waals surface area contributed by atoms with Crippen LogP contribution in [0, 0.1) is 23.7 Å². The molecule has 0 saturated heterocycles. The van der Waals surface area contributed by atoms with E-state index >= 15 is 0 Å². The highest BCUT2D eigenvalue weighted by Crippen LogP contribution is 2.54. The Morgan fingerprint density at radius 1 is 1.03 bits per heavy atom. The maximum Gasteiger partial charge on any atom is 0.408 e. The fourth-order valence-electron chi connectivity index (χ4n) is 7.33. The number of H-pyrrole nitrogens is 1. The lowest BCUT2D eigenvalue weighted by Gasteiger charge is -2.53. The number of para-hydroxylation sites is 1. The zero-order chi connectivity index (χ0) is 25.4. The van der Waals surface area contributed by atoms with Crippen LogP contribution in [0.1, 0.15) is 50.3 Å². The summed E-state index contributed by atoms with van der Waals surface area (Å²) in [6.07, 6.45) is 10.2. The van der Waals surface area contributed by atoms with E-state index in [-0.39, 0.29) is 12.0 Å². The molecule has 4 bridgehead atoms. The quantitative estimate of drug-likeness (QED) is 0.415. The van der Waals surface area contributed by atoms with Crippen molar-refractivity contribution in [1.82, 2.24) is 20.6 Å². The van der Waals surface area contributed by atoms with Gasteiger partial charge in [0.15, 0.2) is 0 Å². The summed E-state index contributed by atoms with van der Waals surface area (Å²) in [5.41, 5.74) is 1.73. The molecule has 37 heavy (non-hydrogen) atoms. The highest BCUT2D eigenvalue weighted by molar-refractivity contribution is 5.91. The van der Waals surface area contributed by atoms with E-state index in [0.717, 1.165) is 34.0 Å². The van der Waals surface area contributed by atoms with Gasteiger partial charge in [0.05, 0.1) is 0 Å². The number of nitrogens with zero attached hydrogens (tertiary/aromatic N) is 1. The number of pyridine rings is 1. The maximum atomic E-state index is 13.6. The van der Waals surface area contributed by atoms with Crippen molar-refractivity contribution in [3.63, 3.8) is 0 Å². The number of aromatic amines is 1. The molecule has 7 heteroatoms. The number of ether oxygens (including phenoxy) is 1. The first-order valence-corrected chi connectivity index (χ1v) is 13.7. The van der Waals surface area contributed by atoms with Crippen LogP contribution in [0.25, 0.3) is 10.9 Å². The van der Waals surface area contributed by atoms with Gasteiger partial charge in [0.2, 0.25) is 5.91 Å². The molecule has 4 saturated carbocycles. The number of hydrogen-bond donors (Lipinski definition) is 3. The maximum absolute atomic E-state index is 13.6. The van der Waals surface area contributed by atoms with E-state index in [0.29, 0.717) is 31.2 Å². The van der Waals surface area contributed by atoms with Crippen molar-refractivity contribution in [1.29, 1.82) is 0 Å². The minimum Gasteiger partial charge on any atom is -0.446 e. The third kappa shape index (κ3) is 4.96. The van der Waals surface area contributed by atoms with Crippen molar-refractivity contribution in [2.75, 3.05) is 6.54 Å². The van der Waals surface area contributed by atoms with E-state index in [1.165, 1.54) is 32.1 Å². The van der Waals surface area contributed by atoms with E-state index in [1.807, 2.05) is 48.7 Å². The minimum atomic E-state index is -1.17. The summed E-state index contributed by atoms with van der Waals surface area (Å²) in [5.74, 6) is 2.32. The molecular formula is C30H36N4O3. The van der Waals surface area contributed by atoms with Gasteiger partial charge in [-0.05, 0) is 86.5 Å². The fourth-order valence-corrected chi connectivity index (χ4v) is 7.33. The predicted octanol–water partition coefficient (Wildman–Crippen LogP) is 4.77. The third-order valence-electron chi connectivity index (χ3n) is 8.87. The standard InChI is InChI=1S/C30H36N4O3/c1-30(17-23-18-33-26-8-3-2-7-25(23)26,28(35)32-11-9-24-6-4-5-10-31-24)34-29(36)37-27-21-13-19-12-20(15-21)16-22(27)14-19/h2-8,10,18-22,27,33H,9,11-17H2,1H3,(H,32,35)(H,34,36)/t19?,20?,21?,22?,27?,30-/m0/s1. The normalized spacial score (nSPS) is 27.5. The molecule has 2 aromatic heterocycles. The highest BCUT2D eigenvalue weighted by atomic mass is 16.6. The molecule has 0 unspecified atom stereocenters. The van der Waals surface area contributed by atoms with Crippen LogP contribution in [0.15, 0.2) is 54.9 Å². The van der Waals surface area contributed by atoms with Crippen LogP contribution in [-0.2, 0) is 22.4 Å². The molecule has 7 nitrogen and oxygen atoms in total. The van der Waals surface area contributed by atoms with Gasteiger partial charge in [-0.1, -0.05) is 24.3 Å². The molecule has 2 amide bonds. The van der Waals surface area contributed by atoms with Gasteiger partial charge in [0.1, 0.15) is 11.6 Å². The Morgan fingerprint density at radius 2 is 1.76 bits per heavy atom. The van der Waals surface area contributed by atoms with Crippen LogP contribution in [0.3, 0.4) is 0 Å². The first-order chi connectivity index (χ1) is 18.0. The van der Waals surface area contributed by atoms with E-state index in [2.05, 4.69) is 20.6 Å². The Kier molecular flexibility index (Phi) is 6.39. The van der Waals surface area contributed by atoms with Crippen LogP contribution in [0.2, 0.25) is 0 Å². The van der Waals surface area contributed by atoms with Crippen molar-refractivity contribution < 1.29 is 14.3 Å². The summed E-state index contributed by atoms with van der Waals surface area (Å²) in [7, 11) is 0. The number of carbonyl (C=O) groups excluding carboxylic acids is 2. The number of nitrogens with one attached hydrogen (secondary N) is 3. The second-order valence-corrected chi connectivity index (χ2v) is 11.6. The Labute approximate surface area is 217 Å². The van der Waals surface area contributed by atoms with Crippen LogP contribution in [0.5, 0.6) is 0 Å². The van der Waals surface area contributed by atoms with Gasteiger partial charge < -0.3 is 20.4 Å². The molecule has 3 N–H and O–H groups in total. The van der Waals surface area contributed by atoms with Gasteiger partial charge in [0.25, 0.3) is 0 Å². The molecule has 2 heterocycles. The highest BCUT2D eigenvalue weighted by Gasteiger charge is 2.50. The average molecular weight is 501 g/mol. The van der Waals surface area contributed by atoms with Gasteiger partial charge in [-0.25, -0.2) is 4.79 Å². The molecule has 4 aliphatic carbocycles. The largest absolute Gasteiger partial charge is 0.446 e. The zero-order valence-corrected chi connectivity index (χ0v) is 21.4. The topological polar surface area (TPSA) is 96.1 Å². The van der Waals surface area contributed by atoms with Crippen molar-refractivity contribution in [2.45, 2.75) is 63.5 Å². The van der Waals surface area contributed by atoms with Gasteiger partial charge >= 0.3 is 6.09 Å². The molecular weight excluding hydrogens is 464 g/mol. The Morgan fingerprint density at radius 3 is 2.49 bits per heavy atom. The average Bonchev–Trinajstić information content (AvgIpc) is 3.29. The van der Waals surface area contributed by atoms with Gasteiger partial charge in [-0.15, -0.1) is 0 Å². The lowest BCUT2D eigenvalue weighted by atomic mass is 9.55. The second kappa shape index (κ2) is 9.84. The van der Waals surface area contributed by atoms with Crippen LogP contribution in [0.4, 0.5) is 4.79 Å². The number of fused-ring (bicyclic) bond motifs is 1. The fraction of sp³-hybridized carbons (Fsp3) is 0.500. The monoisotopic (exact) mass is 500 g/mol. The molecule has 194 valence electrons. The molecule has 0 aliphatic heterocycles. The number of rotatable bonds is 8. The predicted molar refractivity (Wildman–Crippen MR) is 142 cm³/mol. The van der Waals surface area contributed by atoms with Crippen LogP contribution < -0.4 is 10.6 Å². The number of hydrogen-bond acceptors (Lipinski definition) is 4. The van der Waals surface area contributed by atoms with Crippen molar-refractivity contribution in [2.24, 2.45) is 23.7 Å². The molecule has 1 aromatic carbocycles. The number of benzene rings is 1. The first-order valence-electron chi connectivity index (χ1n) is 13.7. The van der Waals surface area contributed by atoms with E-state index in [9.17, 15) is 9.59 Å². The third-order valence-corrected chi connectivity index (χ3v) is 8.87. The summed E-state index contributed by atoms with van der Waals surface area (Å²) in [5, 5.41) is 7.08. The number of carbonyl (C=O) groups is 2. The molecule has 0 radical (unpaired) electrons. The number of amides is 2. The minimum absolute atomic E-state index is 0.0302. The van der Waals surface area contributed by atoms with Crippen LogP contribution in [-0.4, -0.2) is 40.2 Å². The molecule has 0 spiro atoms. The van der Waals surface area contributed by atoms with Gasteiger partial charge in [-0.2, -0.15) is 0 Å². The van der Waals surface area contributed by atoms with Crippen molar-refractivity contribution in [3.8, 4) is 0 Å². The van der Waals surface area contributed by atoms with E-state index < -0.39 is 11.6 Å². The SMILES string of the molecule is C[C@@](Cc1c[nH]c2ccccc12)(NC(=O)OC1C2CC3CC(C2)CC1C3)C(=O)NCCc1ccccn1. The first kappa shape index (κ1) is 24.0. The summed E-state index contributed by atoms with van der Waals surface area (Å²) < 4.78 is 6.11. The van der Waals surface area contributed by atoms with Crippen molar-refractivity contribution >= 4 is 22.9 Å². The zero-order valence-electron chi connectivity index (χ0n) is 21.4. The molecule has 1 atom stereocenters. The van der Waals surface area contributed by atoms with Gasteiger partial charge in [0, 0.05) is 48.4 Å². The summed E-state index contributed by atoms with van der Waals surface area (Å²) in [4.78, 5) is 34.5. The Bertz CT molecular complexity index is 1240. The van der Waals surface area contributed by atoms with Crippen molar-refractivity contribution in [3.05, 3.63) is 66.1 Å².